The molecule has 5 heteroatoms. The van der Waals surface area contributed by atoms with Crippen LogP contribution in [0, 0.1) is 6.92 Å². The lowest BCUT2D eigenvalue weighted by atomic mass is 10.0. The Labute approximate surface area is 175 Å². The lowest BCUT2D eigenvalue weighted by Crippen LogP contribution is -2.46. The van der Waals surface area contributed by atoms with Gasteiger partial charge in [0, 0.05) is 43.8 Å². The summed E-state index contributed by atoms with van der Waals surface area (Å²) in [4.78, 5) is 16.1. The number of anilines is 1. The van der Waals surface area contributed by atoms with Crippen LogP contribution in [0.4, 0.5) is 5.69 Å². The molecule has 5 nitrogen and oxygen atoms in total. The summed E-state index contributed by atoms with van der Waals surface area (Å²) in [5.74, 6) is -1.04. The van der Waals surface area contributed by atoms with E-state index in [9.17, 15) is 9.90 Å². The Morgan fingerprint density at radius 3 is 2.53 bits per heavy atom. The lowest BCUT2D eigenvalue weighted by Gasteiger charge is -2.37. The summed E-state index contributed by atoms with van der Waals surface area (Å²) in [6.07, 6.45) is 0. The van der Waals surface area contributed by atoms with Crippen LogP contribution in [0.2, 0.25) is 0 Å². The van der Waals surface area contributed by atoms with Gasteiger partial charge in [0.05, 0.1) is 0 Å². The van der Waals surface area contributed by atoms with Crippen molar-refractivity contribution in [1.29, 1.82) is 0 Å². The van der Waals surface area contributed by atoms with Crippen LogP contribution in [0.1, 0.15) is 21.7 Å². The molecule has 0 radical (unpaired) electrons. The Morgan fingerprint density at radius 2 is 1.73 bits per heavy atom. The van der Waals surface area contributed by atoms with Crippen LogP contribution in [-0.2, 0) is 6.54 Å². The summed E-state index contributed by atoms with van der Waals surface area (Å²) in [6.45, 7) is 6.87. The lowest BCUT2D eigenvalue weighted by molar-refractivity contribution is 0.0665. The molecule has 2 heterocycles. The number of aryl methyl sites for hydroxylation is 1. The predicted molar refractivity (Wildman–Crippen MR) is 119 cm³/mol. The van der Waals surface area contributed by atoms with Gasteiger partial charge in [0.2, 0.25) is 5.76 Å². The monoisotopic (exact) mass is 400 g/mol. The minimum absolute atomic E-state index is 0.00911. The molecule has 1 aliphatic rings. The van der Waals surface area contributed by atoms with E-state index in [1.807, 2.05) is 19.1 Å². The number of rotatable bonds is 4. The number of piperazine rings is 1. The van der Waals surface area contributed by atoms with E-state index in [0.717, 1.165) is 49.4 Å². The molecule has 0 saturated carbocycles. The molecule has 1 N–H and O–H groups in total. The Bertz CT molecular complexity index is 1230. The van der Waals surface area contributed by atoms with Crippen molar-refractivity contribution in [3.05, 3.63) is 77.6 Å². The average Bonchev–Trinajstić information content (AvgIpc) is 3.21. The fourth-order valence-electron chi connectivity index (χ4n) is 4.51. The zero-order valence-corrected chi connectivity index (χ0v) is 17.0. The summed E-state index contributed by atoms with van der Waals surface area (Å²) in [5.41, 5.74) is 4.23. The van der Waals surface area contributed by atoms with Crippen LogP contribution in [0.3, 0.4) is 0 Å². The molecule has 1 aromatic heterocycles. The quantitative estimate of drug-likeness (QED) is 0.527. The molecule has 152 valence electrons. The van der Waals surface area contributed by atoms with Crippen LogP contribution in [0.5, 0.6) is 0 Å². The number of carboxylic acid groups (broad SMARTS) is 1. The van der Waals surface area contributed by atoms with E-state index in [4.69, 9.17) is 4.42 Å². The molecule has 1 fully saturated rings. The van der Waals surface area contributed by atoms with Gasteiger partial charge in [0.15, 0.2) is 0 Å². The molecule has 0 bridgehead atoms. The van der Waals surface area contributed by atoms with Crippen LogP contribution >= 0.6 is 0 Å². The summed E-state index contributed by atoms with van der Waals surface area (Å²) >= 11 is 0. The summed E-state index contributed by atoms with van der Waals surface area (Å²) in [7, 11) is 0. The van der Waals surface area contributed by atoms with Gasteiger partial charge < -0.3 is 14.4 Å². The molecule has 0 amide bonds. The van der Waals surface area contributed by atoms with E-state index in [2.05, 4.69) is 52.3 Å². The standard InChI is InChI=1S/C25H24N2O3/c1-17-21-15-24(25(28)29)30-23(21)10-9-22(17)27-13-11-26(12-14-27)16-19-7-4-6-18-5-2-3-8-20(18)19/h2-10,15H,11-14,16H2,1H3,(H,28,29). The first-order valence-electron chi connectivity index (χ1n) is 10.3. The molecule has 1 saturated heterocycles. The highest BCUT2D eigenvalue weighted by Crippen LogP contribution is 2.31. The summed E-state index contributed by atoms with van der Waals surface area (Å²) < 4.78 is 5.44. The topological polar surface area (TPSA) is 56.9 Å². The molecule has 3 aromatic carbocycles. The molecule has 0 spiro atoms. The number of nitrogens with zero attached hydrogens (tertiary/aromatic N) is 2. The van der Waals surface area contributed by atoms with E-state index in [1.165, 1.54) is 16.3 Å². The van der Waals surface area contributed by atoms with Crippen LogP contribution < -0.4 is 4.90 Å². The van der Waals surface area contributed by atoms with Gasteiger partial charge in [-0.05, 0) is 47.0 Å². The highest BCUT2D eigenvalue weighted by molar-refractivity contribution is 5.94. The van der Waals surface area contributed by atoms with Gasteiger partial charge in [-0.25, -0.2) is 4.79 Å². The number of furan rings is 1. The number of benzene rings is 3. The molecular formula is C25H24N2O3. The van der Waals surface area contributed by atoms with E-state index in [0.29, 0.717) is 5.58 Å². The Morgan fingerprint density at radius 1 is 0.967 bits per heavy atom. The Hall–Kier alpha value is -3.31. The number of carbonyl (C=O) groups is 1. The SMILES string of the molecule is Cc1c(N2CCN(Cc3cccc4ccccc34)CC2)ccc2oc(C(=O)O)cc12. The number of carboxylic acids is 1. The second-order valence-electron chi connectivity index (χ2n) is 7.94. The third-order valence-corrected chi connectivity index (χ3v) is 6.14. The van der Waals surface area contributed by atoms with Crippen molar-refractivity contribution in [3.63, 3.8) is 0 Å². The van der Waals surface area contributed by atoms with Crippen molar-refractivity contribution < 1.29 is 14.3 Å². The third-order valence-electron chi connectivity index (χ3n) is 6.14. The highest BCUT2D eigenvalue weighted by Gasteiger charge is 2.21. The van der Waals surface area contributed by atoms with Crippen molar-refractivity contribution in [3.8, 4) is 0 Å². The van der Waals surface area contributed by atoms with Gasteiger partial charge in [0.25, 0.3) is 0 Å². The van der Waals surface area contributed by atoms with Crippen LogP contribution in [0.15, 0.2) is 65.1 Å². The number of fused-ring (bicyclic) bond motifs is 2. The predicted octanol–water partition coefficient (Wildman–Crippen LogP) is 4.91. The fourth-order valence-corrected chi connectivity index (χ4v) is 4.51. The largest absolute Gasteiger partial charge is 0.475 e. The maximum Gasteiger partial charge on any atom is 0.371 e. The van der Waals surface area contributed by atoms with Crippen molar-refractivity contribution >= 4 is 33.4 Å². The molecule has 30 heavy (non-hydrogen) atoms. The van der Waals surface area contributed by atoms with Gasteiger partial charge in [-0.15, -0.1) is 0 Å². The molecular weight excluding hydrogens is 376 g/mol. The first-order chi connectivity index (χ1) is 14.6. The molecule has 5 rings (SSSR count). The molecule has 0 unspecified atom stereocenters. The minimum Gasteiger partial charge on any atom is -0.475 e. The van der Waals surface area contributed by atoms with E-state index < -0.39 is 5.97 Å². The average molecular weight is 400 g/mol. The van der Waals surface area contributed by atoms with Gasteiger partial charge in [0.1, 0.15) is 5.58 Å². The van der Waals surface area contributed by atoms with E-state index in [1.54, 1.807) is 6.07 Å². The van der Waals surface area contributed by atoms with Crippen LogP contribution in [0.25, 0.3) is 21.7 Å². The van der Waals surface area contributed by atoms with E-state index >= 15 is 0 Å². The van der Waals surface area contributed by atoms with Gasteiger partial charge in [-0.3, -0.25) is 4.90 Å². The summed E-state index contributed by atoms with van der Waals surface area (Å²) in [5, 5.41) is 12.7. The first-order valence-corrected chi connectivity index (χ1v) is 10.3. The normalized spacial score (nSPS) is 15.2. The highest BCUT2D eigenvalue weighted by atomic mass is 16.4. The third kappa shape index (κ3) is 3.31. The second kappa shape index (κ2) is 7.50. The smallest absolute Gasteiger partial charge is 0.371 e. The maximum absolute atomic E-state index is 11.2. The van der Waals surface area contributed by atoms with Crippen molar-refractivity contribution in [1.82, 2.24) is 4.90 Å². The van der Waals surface area contributed by atoms with Gasteiger partial charge in [-0.1, -0.05) is 42.5 Å². The van der Waals surface area contributed by atoms with Gasteiger partial charge >= 0.3 is 5.97 Å². The van der Waals surface area contributed by atoms with Crippen LogP contribution in [-0.4, -0.2) is 42.2 Å². The first kappa shape index (κ1) is 18.7. The molecule has 0 aliphatic carbocycles. The van der Waals surface area contributed by atoms with Crippen molar-refractivity contribution in [2.45, 2.75) is 13.5 Å². The second-order valence-corrected chi connectivity index (χ2v) is 7.94. The minimum atomic E-state index is -1.03. The number of aromatic carboxylic acids is 1. The van der Waals surface area contributed by atoms with Crippen molar-refractivity contribution in [2.75, 3.05) is 31.1 Å². The van der Waals surface area contributed by atoms with E-state index in [-0.39, 0.29) is 5.76 Å². The zero-order chi connectivity index (χ0) is 20.7. The Kier molecular flexibility index (Phi) is 4.68. The Balaban J connectivity index is 1.32. The maximum atomic E-state index is 11.2. The van der Waals surface area contributed by atoms with Crippen molar-refractivity contribution in [2.24, 2.45) is 0 Å². The zero-order valence-electron chi connectivity index (χ0n) is 17.0. The molecule has 1 aliphatic heterocycles. The number of hydrogen-bond acceptors (Lipinski definition) is 4. The molecule has 4 aromatic rings. The fraction of sp³-hybridized carbons (Fsp3) is 0.240. The molecule has 0 atom stereocenters. The summed E-state index contributed by atoms with van der Waals surface area (Å²) in [6, 6.07) is 20.7. The number of hydrogen-bond donors (Lipinski definition) is 1. The van der Waals surface area contributed by atoms with Gasteiger partial charge in [-0.2, -0.15) is 0 Å².